The number of rotatable bonds is 0. The molecule has 4 atom stereocenters. The summed E-state index contributed by atoms with van der Waals surface area (Å²) in [5, 5.41) is 10.2. The lowest BCUT2D eigenvalue weighted by Gasteiger charge is -2.42. The van der Waals surface area contributed by atoms with Crippen LogP contribution in [0.1, 0.15) is 38.5 Å². The Kier molecular flexibility index (Phi) is 1.07. The van der Waals surface area contributed by atoms with E-state index in [2.05, 4.69) is 0 Å². The van der Waals surface area contributed by atoms with E-state index in [0.29, 0.717) is 5.92 Å². The van der Waals surface area contributed by atoms with Crippen LogP contribution in [0.25, 0.3) is 0 Å². The van der Waals surface area contributed by atoms with Gasteiger partial charge < -0.3 is 5.11 Å². The molecule has 3 saturated carbocycles. The zero-order valence-electron chi connectivity index (χ0n) is 6.92. The summed E-state index contributed by atoms with van der Waals surface area (Å²) in [7, 11) is 0. The van der Waals surface area contributed by atoms with E-state index in [9.17, 15) is 5.11 Å². The Morgan fingerprint density at radius 2 is 2.18 bits per heavy atom. The van der Waals surface area contributed by atoms with Gasteiger partial charge in [0.1, 0.15) is 0 Å². The van der Waals surface area contributed by atoms with Gasteiger partial charge in [0.15, 0.2) is 0 Å². The van der Waals surface area contributed by atoms with Crippen LogP contribution in [0.5, 0.6) is 0 Å². The van der Waals surface area contributed by atoms with Crippen molar-refractivity contribution in [2.45, 2.75) is 44.1 Å². The molecule has 1 N–H and O–H groups in total. The maximum absolute atomic E-state index is 10.2. The SMILES string of the molecule is O[C@@]12CCC[C@H]3C[C@@H](C[C@H]31)C2. The van der Waals surface area contributed by atoms with E-state index >= 15 is 0 Å². The van der Waals surface area contributed by atoms with Crippen LogP contribution in [0.2, 0.25) is 0 Å². The van der Waals surface area contributed by atoms with Crippen molar-refractivity contribution < 1.29 is 5.11 Å². The third-order valence-electron chi connectivity index (χ3n) is 4.31. The fourth-order valence-electron chi connectivity index (χ4n) is 3.99. The second kappa shape index (κ2) is 1.82. The first-order valence-corrected chi connectivity index (χ1v) is 5.00. The minimum absolute atomic E-state index is 0.189. The monoisotopic (exact) mass is 152 g/mol. The van der Waals surface area contributed by atoms with E-state index in [4.69, 9.17) is 0 Å². The molecule has 3 rings (SSSR count). The summed E-state index contributed by atoms with van der Waals surface area (Å²) in [5.41, 5.74) is -0.189. The second-order valence-corrected chi connectivity index (χ2v) is 4.90. The first-order valence-electron chi connectivity index (χ1n) is 5.00. The predicted octanol–water partition coefficient (Wildman–Crippen LogP) is 1.95. The van der Waals surface area contributed by atoms with Gasteiger partial charge in [-0.15, -0.1) is 0 Å². The average Bonchev–Trinajstić information content (AvgIpc) is 2.40. The van der Waals surface area contributed by atoms with Gasteiger partial charge in [-0.2, -0.15) is 0 Å². The molecule has 1 nitrogen and oxygen atoms in total. The number of aliphatic hydroxyl groups is 1. The van der Waals surface area contributed by atoms with Gasteiger partial charge in [0.25, 0.3) is 0 Å². The van der Waals surface area contributed by atoms with Crippen LogP contribution in [0.3, 0.4) is 0 Å². The predicted molar refractivity (Wildman–Crippen MR) is 43.1 cm³/mol. The van der Waals surface area contributed by atoms with Gasteiger partial charge in [0.2, 0.25) is 0 Å². The van der Waals surface area contributed by atoms with E-state index in [1.165, 1.54) is 25.7 Å². The Morgan fingerprint density at radius 3 is 2.82 bits per heavy atom. The third kappa shape index (κ3) is 0.703. The van der Waals surface area contributed by atoms with Crippen LogP contribution in [0.15, 0.2) is 0 Å². The van der Waals surface area contributed by atoms with E-state index in [0.717, 1.165) is 24.7 Å². The molecule has 0 aromatic carbocycles. The Hall–Kier alpha value is -0.0400. The van der Waals surface area contributed by atoms with Crippen molar-refractivity contribution in [1.82, 2.24) is 0 Å². The summed E-state index contributed by atoms with van der Waals surface area (Å²) in [6, 6.07) is 0. The Labute approximate surface area is 67.8 Å². The zero-order chi connectivity index (χ0) is 7.47. The zero-order valence-corrected chi connectivity index (χ0v) is 6.92. The van der Waals surface area contributed by atoms with Crippen molar-refractivity contribution in [1.29, 1.82) is 0 Å². The Morgan fingerprint density at radius 1 is 1.27 bits per heavy atom. The van der Waals surface area contributed by atoms with Crippen molar-refractivity contribution in [2.24, 2.45) is 17.8 Å². The summed E-state index contributed by atoms with van der Waals surface area (Å²) in [6.07, 6.45) is 7.71. The Balaban J connectivity index is 1.97. The van der Waals surface area contributed by atoms with Gasteiger partial charge >= 0.3 is 0 Å². The van der Waals surface area contributed by atoms with Crippen LogP contribution in [0, 0.1) is 17.8 Å². The van der Waals surface area contributed by atoms with Crippen molar-refractivity contribution in [2.75, 3.05) is 0 Å². The standard InChI is InChI=1S/C10H16O/c11-10-3-1-2-8-4-7(6-10)5-9(8)10/h7-9,11H,1-6H2/t7-,8-,9+,10+/m0/s1. The average molecular weight is 152 g/mol. The molecule has 0 aliphatic heterocycles. The quantitative estimate of drug-likeness (QED) is 0.562. The molecule has 0 aromatic rings. The van der Waals surface area contributed by atoms with Gasteiger partial charge in [-0.25, -0.2) is 0 Å². The summed E-state index contributed by atoms with van der Waals surface area (Å²) < 4.78 is 0. The maximum Gasteiger partial charge on any atom is 0.0681 e. The summed E-state index contributed by atoms with van der Waals surface area (Å²) in [5.74, 6) is 2.52. The molecule has 3 aliphatic rings. The lowest BCUT2D eigenvalue weighted by Crippen LogP contribution is -2.42. The highest BCUT2D eigenvalue weighted by molar-refractivity contribution is 5.07. The summed E-state index contributed by atoms with van der Waals surface area (Å²) in [4.78, 5) is 0. The molecule has 0 saturated heterocycles. The molecular formula is C10H16O. The van der Waals surface area contributed by atoms with Crippen LogP contribution < -0.4 is 0 Å². The van der Waals surface area contributed by atoms with E-state index in [1.54, 1.807) is 0 Å². The molecule has 0 spiro atoms. The molecule has 0 amide bonds. The molecule has 0 aromatic heterocycles. The first-order chi connectivity index (χ1) is 5.28. The van der Waals surface area contributed by atoms with Gasteiger partial charge in [-0.1, -0.05) is 6.42 Å². The third-order valence-corrected chi connectivity index (χ3v) is 4.31. The molecule has 0 radical (unpaired) electrons. The highest BCUT2D eigenvalue weighted by Gasteiger charge is 2.55. The van der Waals surface area contributed by atoms with Crippen LogP contribution in [0.4, 0.5) is 0 Å². The number of hydrogen-bond donors (Lipinski definition) is 1. The molecule has 3 aliphatic carbocycles. The first kappa shape index (κ1) is 6.47. The van der Waals surface area contributed by atoms with Crippen LogP contribution in [-0.2, 0) is 0 Å². The van der Waals surface area contributed by atoms with Gasteiger partial charge in [0, 0.05) is 0 Å². The van der Waals surface area contributed by atoms with Crippen molar-refractivity contribution >= 4 is 0 Å². The lowest BCUT2D eigenvalue weighted by atomic mass is 9.68. The molecule has 0 heterocycles. The topological polar surface area (TPSA) is 20.2 Å². The largest absolute Gasteiger partial charge is 0.390 e. The van der Waals surface area contributed by atoms with E-state index < -0.39 is 0 Å². The van der Waals surface area contributed by atoms with Gasteiger partial charge in [-0.05, 0) is 49.9 Å². The molecule has 0 unspecified atom stereocenters. The summed E-state index contributed by atoms with van der Waals surface area (Å²) in [6.45, 7) is 0. The minimum Gasteiger partial charge on any atom is -0.390 e. The van der Waals surface area contributed by atoms with Crippen LogP contribution >= 0.6 is 0 Å². The van der Waals surface area contributed by atoms with Gasteiger partial charge in [0.05, 0.1) is 5.60 Å². The number of hydrogen-bond acceptors (Lipinski definition) is 1. The van der Waals surface area contributed by atoms with E-state index in [-0.39, 0.29) is 5.60 Å². The molecule has 3 fully saturated rings. The maximum atomic E-state index is 10.2. The van der Waals surface area contributed by atoms with Crippen molar-refractivity contribution in [3.63, 3.8) is 0 Å². The van der Waals surface area contributed by atoms with E-state index in [1.807, 2.05) is 0 Å². The smallest absolute Gasteiger partial charge is 0.0681 e. The second-order valence-electron chi connectivity index (χ2n) is 4.90. The molecule has 1 heteroatoms. The molecule has 62 valence electrons. The normalized spacial score (nSPS) is 60.3. The number of fused-ring (bicyclic) bond motifs is 1. The summed E-state index contributed by atoms with van der Waals surface area (Å²) >= 11 is 0. The van der Waals surface area contributed by atoms with Crippen LogP contribution in [-0.4, -0.2) is 10.7 Å². The van der Waals surface area contributed by atoms with Crippen molar-refractivity contribution in [3.05, 3.63) is 0 Å². The molecule has 2 bridgehead atoms. The lowest BCUT2D eigenvalue weighted by molar-refractivity contribution is -0.0666. The highest BCUT2D eigenvalue weighted by Crippen LogP contribution is 2.59. The highest BCUT2D eigenvalue weighted by atomic mass is 16.3. The molecule has 11 heavy (non-hydrogen) atoms. The minimum atomic E-state index is -0.189. The van der Waals surface area contributed by atoms with Gasteiger partial charge in [-0.3, -0.25) is 0 Å². The fourth-order valence-corrected chi connectivity index (χ4v) is 3.99. The fraction of sp³-hybridized carbons (Fsp3) is 1.00. The Bertz CT molecular complexity index is 189. The van der Waals surface area contributed by atoms with Crippen molar-refractivity contribution in [3.8, 4) is 0 Å². The molecular weight excluding hydrogens is 136 g/mol.